The second kappa shape index (κ2) is 6.72. The molecule has 0 aliphatic carbocycles. The fourth-order valence-corrected chi connectivity index (χ4v) is 1.06. The zero-order valence-electron chi connectivity index (χ0n) is 8.06. The van der Waals surface area contributed by atoms with Gasteiger partial charge in [0.05, 0.1) is 6.07 Å². The Morgan fingerprint density at radius 2 is 1.92 bits per heavy atom. The van der Waals surface area contributed by atoms with Gasteiger partial charge in [-0.15, -0.1) is 0 Å². The summed E-state index contributed by atoms with van der Waals surface area (Å²) < 4.78 is 0. The average Bonchev–Trinajstić information content (AvgIpc) is 2.10. The van der Waals surface area contributed by atoms with Crippen molar-refractivity contribution in [2.75, 3.05) is 0 Å². The quantitative estimate of drug-likeness (QED) is 0.638. The van der Waals surface area contributed by atoms with Crippen LogP contribution in [0.3, 0.4) is 0 Å². The van der Waals surface area contributed by atoms with Gasteiger partial charge in [-0.2, -0.15) is 5.26 Å². The van der Waals surface area contributed by atoms with Gasteiger partial charge in [0.25, 0.3) is 0 Å². The Bertz CT molecular complexity index is 187. The zero-order valence-corrected chi connectivity index (χ0v) is 8.06. The van der Waals surface area contributed by atoms with E-state index in [4.69, 9.17) is 11.0 Å². The topological polar surface area (TPSA) is 49.8 Å². The lowest BCUT2D eigenvalue weighted by Gasteiger charge is -2.02. The Hall–Kier alpha value is -0.970. The van der Waals surface area contributed by atoms with E-state index in [0.29, 0.717) is 0 Å². The molecule has 0 bridgehead atoms. The molecule has 0 saturated heterocycles. The average molecular weight is 166 g/mol. The van der Waals surface area contributed by atoms with Gasteiger partial charge in [0.1, 0.15) is 0 Å². The number of hydrogen-bond acceptors (Lipinski definition) is 2. The fraction of sp³-hybridized carbons (Fsp3) is 0.700. The van der Waals surface area contributed by atoms with Crippen LogP contribution in [0.2, 0.25) is 0 Å². The predicted octanol–water partition coefficient (Wildman–Crippen LogP) is 2.71. The molecule has 2 N–H and O–H groups in total. The zero-order chi connectivity index (χ0) is 9.40. The van der Waals surface area contributed by atoms with Crippen LogP contribution in [0.5, 0.6) is 0 Å². The summed E-state index contributed by atoms with van der Waals surface area (Å²) in [6.07, 6.45) is 4.91. The molecule has 0 aromatic rings. The highest BCUT2D eigenvalue weighted by molar-refractivity contribution is 5.25. The van der Waals surface area contributed by atoms with Crippen LogP contribution < -0.4 is 5.73 Å². The molecule has 0 unspecified atom stereocenters. The molecule has 0 aliphatic rings. The smallest absolute Gasteiger partial charge is 0.0965 e. The monoisotopic (exact) mass is 166 g/mol. The van der Waals surface area contributed by atoms with Crippen LogP contribution in [0.25, 0.3) is 0 Å². The number of allylic oxidation sites excluding steroid dienone is 2. The van der Waals surface area contributed by atoms with Gasteiger partial charge >= 0.3 is 0 Å². The molecule has 2 heteroatoms. The molecule has 0 heterocycles. The van der Waals surface area contributed by atoms with Gasteiger partial charge in [0.15, 0.2) is 0 Å². The molecule has 2 nitrogen and oxygen atoms in total. The minimum Gasteiger partial charge on any atom is -0.401 e. The summed E-state index contributed by atoms with van der Waals surface area (Å²) in [5.74, 6) is 0. The summed E-state index contributed by atoms with van der Waals surface area (Å²) in [5, 5.41) is 8.74. The van der Waals surface area contributed by atoms with Crippen molar-refractivity contribution in [3.8, 4) is 6.07 Å². The van der Waals surface area contributed by atoms with E-state index in [1.807, 2.05) is 0 Å². The molecule has 0 saturated carbocycles. The molecular weight excluding hydrogens is 148 g/mol. The maximum absolute atomic E-state index is 8.74. The molecule has 0 amide bonds. The summed E-state index contributed by atoms with van der Waals surface area (Å²) in [5.41, 5.74) is 7.33. The van der Waals surface area contributed by atoms with Crippen LogP contribution in [0.15, 0.2) is 11.3 Å². The lowest BCUT2D eigenvalue weighted by molar-refractivity contribution is 0.767. The second-order valence-corrected chi connectivity index (χ2v) is 2.97. The molecule has 0 fully saturated rings. The van der Waals surface area contributed by atoms with Crippen molar-refractivity contribution in [1.29, 1.82) is 5.26 Å². The molecule has 0 aliphatic heterocycles. The van der Waals surface area contributed by atoms with Gasteiger partial charge in [0.2, 0.25) is 0 Å². The van der Waals surface area contributed by atoms with E-state index in [-0.39, 0.29) is 0 Å². The lowest BCUT2D eigenvalue weighted by Crippen LogP contribution is -2.01. The third-order valence-corrected chi connectivity index (χ3v) is 1.82. The second-order valence-electron chi connectivity index (χ2n) is 2.97. The summed E-state index contributed by atoms with van der Waals surface area (Å²) in [6.45, 7) is 4.18. The molecular formula is C10H18N2. The number of hydrogen-bond donors (Lipinski definition) is 1. The summed E-state index contributed by atoms with van der Waals surface area (Å²) >= 11 is 0. The van der Waals surface area contributed by atoms with Crippen LogP contribution in [-0.2, 0) is 0 Å². The summed E-state index contributed by atoms with van der Waals surface area (Å²) in [6, 6.07) is 2.17. The molecule has 0 spiro atoms. The van der Waals surface area contributed by atoms with E-state index in [1.54, 1.807) is 0 Å². The Labute approximate surface area is 75.1 Å². The molecule has 0 radical (unpaired) electrons. The van der Waals surface area contributed by atoms with Crippen LogP contribution in [0.1, 0.15) is 46.0 Å². The first kappa shape index (κ1) is 11.0. The lowest BCUT2D eigenvalue weighted by atomic mass is 10.1. The summed E-state index contributed by atoms with van der Waals surface area (Å²) in [4.78, 5) is 0. The van der Waals surface area contributed by atoms with E-state index >= 15 is 0 Å². The predicted molar refractivity (Wildman–Crippen MR) is 51.3 cm³/mol. The van der Waals surface area contributed by atoms with Crippen molar-refractivity contribution in [2.45, 2.75) is 46.0 Å². The van der Waals surface area contributed by atoms with Crippen molar-refractivity contribution >= 4 is 0 Å². The van der Waals surface area contributed by atoms with Crippen LogP contribution in [-0.4, -0.2) is 0 Å². The Kier molecular flexibility index (Phi) is 6.18. The van der Waals surface area contributed by atoms with Crippen molar-refractivity contribution in [2.24, 2.45) is 5.73 Å². The maximum Gasteiger partial charge on any atom is 0.0965 e. The first-order valence-electron chi connectivity index (χ1n) is 4.63. The number of rotatable bonds is 5. The standard InChI is InChI=1S/C10H18N2/c1-3-5-7-10(12)9(8-11)6-4-2/h3-7,12H2,1-2H3. The van der Waals surface area contributed by atoms with E-state index in [9.17, 15) is 0 Å². The fourth-order valence-electron chi connectivity index (χ4n) is 1.06. The number of nitriles is 1. The van der Waals surface area contributed by atoms with Gasteiger partial charge in [0, 0.05) is 11.3 Å². The Morgan fingerprint density at radius 1 is 1.25 bits per heavy atom. The molecule has 68 valence electrons. The Morgan fingerprint density at radius 3 is 2.33 bits per heavy atom. The van der Waals surface area contributed by atoms with E-state index in [1.165, 1.54) is 0 Å². The highest BCUT2D eigenvalue weighted by Crippen LogP contribution is 2.11. The van der Waals surface area contributed by atoms with E-state index in [0.717, 1.165) is 43.4 Å². The third-order valence-electron chi connectivity index (χ3n) is 1.82. The minimum atomic E-state index is 0.783. The van der Waals surface area contributed by atoms with Gasteiger partial charge in [-0.1, -0.05) is 26.7 Å². The first-order valence-corrected chi connectivity index (χ1v) is 4.63. The van der Waals surface area contributed by atoms with Gasteiger partial charge in [-0.25, -0.2) is 0 Å². The van der Waals surface area contributed by atoms with Crippen molar-refractivity contribution in [3.05, 3.63) is 11.3 Å². The van der Waals surface area contributed by atoms with E-state index < -0.39 is 0 Å². The SMILES string of the molecule is CCCCC(N)=C(C#N)CCC. The van der Waals surface area contributed by atoms with Crippen molar-refractivity contribution in [3.63, 3.8) is 0 Å². The van der Waals surface area contributed by atoms with Crippen LogP contribution in [0, 0.1) is 11.3 Å². The van der Waals surface area contributed by atoms with Gasteiger partial charge < -0.3 is 5.73 Å². The third kappa shape index (κ3) is 4.02. The van der Waals surface area contributed by atoms with Crippen molar-refractivity contribution < 1.29 is 0 Å². The molecule has 0 rings (SSSR count). The van der Waals surface area contributed by atoms with Gasteiger partial charge in [-0.05, 0) is 19.3 Å². The van der Waals surface area contributed by atoms with Gasteiger partial charge in [-0.3, -0.25) is 0 Å². The highest BCUT2D eigenvalue weighted by Gasteiger charge is 2.00. The van der Waals surface area contributed by atoms with Crippen molar-refractivity contribution in [1.82, 2.24) is 0 Å². The maximum atomic E-state index is 8.74. The molecule has 0 atom stereocenters. The molecule has 0 aromatic heterocycles. The number of nitrogens with zero attached hydrogens (tertiary/aromatic N) is 1. The molecule has 12 heavy (non-hydrogen) atoms. The number of nitrogens with two attached hydrogens (primary N) is 1. The molecule has 0 aromatic carbocycles. The number of unbranched alkanes of at least 4 members (excludes halogenated alkanes) is 1. The van der Waals surface area contributed by atoms with Crippen LogP contribution >= 0.6 is 0 Å². The largest absolute Gasteiger partial charge is 0.401 e. The first-order chi connectivity index (χ1) is 5.76. The van der Waals surface area contributed by atoms with Crippen LogP contribution in [0.4, 0.5) is 0 Å². The summed E-state index contributed by atoms with van der Waals surface area (Å²) in [7, 11) is 0. The van der Waals surface area contributed by atoms with E-state index in [2.05, 4.69) is 19.9 Å². The highest BCUT2D eigenvalue weighted by atomic mass is 14.6. The minimum absolute atomic E-state index is 0.783. The Balaban J connectivity index is 4.10. The normalized spacial score (nSPS) is 12.1.